The molecular formula is C16H32O4. The van der Waals surface area contributed by atoms with Crippen molar-refractivity contribution in [3.63, 3.8) is 0 Å². The van der Waals surface area contributed by atoms with Crippen molar-refractivity contribution >= 4 is 5.97 Å². The van der Waals surface area contributed by atoms with Gasteiger partial charge in [-0.3, -0.25) is 4.79 Å². The zero-order valence-corrected chi connectivity index (χ0v) is 12.9. The summed E-state index contributed by atoms with van der Waals surface area (Å²) in [5, 5.41) is 27.6. The van der Waals surface area contributed by atoms with Gasteiger partial charge in [0.2, 0.25) is 0 Å². The Kier molecular flexibility index (Phi) is 13.0. The number of unbranched alkanes of at least 4 members (excludes halogenated alkanes) is 6. The van der Waals surface area contributed by atoms with Gasteiger partial charge in [-0.1, -0.05) is 58.3 Å². The van der Waals surface area contributed by atoms with Crippen LogP contribution in [0.4, 0.5) is 0 Å². The molecule has 0 saturated carbocycles. The second-order valence-corrected chi connectivity index (χ2v) is 5.75. The molecular weight excluding hydrogens is 256 g/mol. The van der Waals surface area contributed by atoms with Gasteiger partial charge in [0.15, 0.2) is 0 Å². The average molecular weight is 288 g/mol. The third-order valence-electron chi connectivity index (χ3n) is 3.63. The number of aliphatic carboxylic acids is 1. The van der Waals surface area contributed by atoms with Gasteiger partial charge in [-0.25, -0.2) is 0 Å². The smallest absolute Gasteiger partial charge is 0.305 e. The van der Waals surface area contributed by atoms with Crippen LogP contribution in [0.1, 0.15) is 84.0 Å². The van der Waals surface area contributed by atoms with Gasteiger partial charge in [0.1, 0.15) is 0 Å². The number of aliphatic hydroxyl groups excluding tert-OH is 2. The normalized spacial score (nSPS) is 14.2. The van der Waals surface area contributed by atoms with Crippen LogP contribution in [0, 0.1) is 0 Å². The van der Waals surface area contributed by atoms with Crippen molar-refractivity contribution in [3.8, 4) is 0 Å². The van der Waals surface area contributed by atoms with E-state index in [4.69, 9.17) is 5.11 Å². The second-order valence-electron chi connectivity index (χ2n) is 5.75. The van der Waals surface area contributed by atoms with Crippen LogP contribution in [-0.2, 0) is 4.79 Å². The molecule has 0 aliphatic rings. The van der Waals surface area contributed by atoms with Crippen molar-refractivity contribution in [2.24, 2.45) is 0 Å². The predicted molar refractivity (Wildman–Crippen MR) is 80.7 cm³/mol. The number of carboxylic acid groups (broad SMARTS) is 1. The SMILES string of the molecule is CCCCC[C@H](O)CCCCCCC[C@H](O)CC(=O)O. The molecule has 0 bridgehead atoms. The van der Waals surface area contributed by atoms with E-state index in [2.05, 4.69) is 6.92 Å². The average Bonchev–Trinajstić information content (AvgIpc) is 2.37. The van der Waals surface area contributed by atoms with Gasteiger partial charge in [-0.05, 0) is 19.3 Å². The van der Waals surface area contributed by atoms with Gasteiger partial charge in [0.25, 0.3) is 0 Å². The highest BCUT2D eigenvalue weighted by atomic mass is 16.4. The van der Waals surface area contributed by atoms with E-state index in [9.17, 15) is 15.0 Å². The highest BCUT2D eigenvalue weighted by Crippen LogP contribution is 2.13. The lowest BCUT2D eigenvalue weighted by Crippen LogP contribution is -2.12. The molecule has 0 rings (SSSR count). The largest absolute Gasteiger partial charge is 0.481 e. The molecule has 4 nitrogen and oxygen atoms in total. The Bertz CT molecular complexity index is 231. The van der Waals surface area contributed by atoms with E-state index in [0.717, 1.165) is 51.4 Å². The molecule has 0 saturated heterocycles. The summed E-state index contributed by atoms with van der Waals surface area (Å²) < 4.78 is 0. The van der Waals surface area contributed by atoms with Crippen LogP contribution in [0.25, 0.3) is 0 Å². The molecule has 0 aromatic rings. The summed E-state index contributed by atoms with van der Waals surface area (Å²) in [4.78, 5) is 10.4. The summed E-state index contributed by atoms with van der Waals surface area (Å²) in [5.41, 5.74) is 0. The second kappa shape index (κ2) is 13.4. The van der Waals surface area contributed by atoms with E-state index in [1.165, 1.54) is 12.8 Å². The number of rotatable bonds is 14. The van der Waals surface area contributed by atoms with E-state index < -0.39 is 12.1 Å². The Labute approximate surface area is 123 Å². The first-order chi connectivity index (χ1) is 9.56. The van der Waals surface area contributed by atoms with Gasteiger partial charge < -0.3 is 15.3 Å². The fourth-order valence-electron chi connectivity index (χ4n) is 2.37. The predicted octanol–water partition coefficient (Wildman–Crippen LogP) is 3.49. The molecule has 0 radical (unpaired) electrons. The van der Waals surface area contributed by atoms with Crippen molar-refractivity contribution in [1.82, 2.24) is 0 Å². The Hall–Kier alpha value is -0.610. The molecule has 0 aliphatic heterocycles. The molecule has 0 spiro atoms. The van der Waals surface area contributed by atoms with Crippen LogP contribution in [0.5, 0.6) is 0 Å². The molecule has 3 N–H and O–H groups in total. The molecule has 0 aromatic heterocycles. The van der Waals surface area contributed by atoms with Crippen LogP contribution in [0.2, 0.25) is 0 Å². The van der Waals surface area contributed by atoms with Gasteiger partial charge in [-0.15, -0.1) is 0 Å². The maximum Gasteiger partial charge on any atom is 0.305 e. The Morgan fingerprint density at radius 3 is 1.75 bits per heavy atom. The summed E-state index contributed by atoms with van der Waals surface area (Å²) in [7, 11) is 0. The minimum Gasteiger partial charge on any atom is -0.481 e. The lowest BCUT2D eigenvalue weighted by molar-refractivity contribution is -0.139. The van der Waals surface area contributed by atoms with E-state index in [1.54, 1.807) is 0 Å². The molecule has 20 heavy (non-hydrogen) atoms. The topological polar surface area (TPSA) is 77.8 Å². The molecule has 0 unspecified atom stereocenters. The van der Waals surface area contributed by atoms with Crippen LogP contribution >= 0.6 is 0 Å². The van der Waals surface area contributed by atoms with Crippen LogP contribution in [-0.4, -0.2) is 33.5 Å². The number of hydrogen-bond acceptors (Lipinski definition) is 3. The third-order valence-corrected chi connectivity index (χ3v) is 3.63. The Morgan fingerprint density at radius 1 is 0.800 bits per heavy atom. The summed E-state index contributed by atoms with van der Waals surface area (Å²) in [6.45, 7) is 2.17. The summed E-state index contributed by atoms with van der Waals surface area (Å²) in [6.07, 6.45) is 10.1. The van der Waals surface area contributed by atoms with Crippen molar-refractivity contribution < 1.29 is 20.1 Å². The molecule has 0 amide bonds. The van der Waals surface area contributed by atoms with E-state index in [0.29, 0.717) is 6.42 Å². The number of aliphatic hydroxyl groups is 2. The van der Waals surface area contributed by atoms with Gasteiger partial charge in [0.05, 0.1) is 18.6 Å². The minimum atomic E-state index is -0.936. The quantitative estimate of drug-likeness (QED) is 0.428. The van der Waals surface area contributed by atoms with Crippen molar-refractivity contribution in [1.29, 1.82) is 0 Å². The van der Waals surface area contributed by atoms with Crippen LogP contribution in [0.3, 0.4) is 0 Å². The van der Waals surface area contributed by atoms with Crippen molar-refractivity contribution in [2.75, 3.05) is 0 Å². The van der Waals surface area contributed by atoms with Gasteiger partial charge >= 0.3 is 5.97 Å². The summed E-state index contributed by atoms with van der Waals surface area (Å²) >= 11 is 0. The van der Waals surface area contributed by atoms with Gasteiger partial charge in [0, 0.05) is 0 Å². The monoisotopic (exact) mass is 288 g/mol. The van der Waals surface area contributed by atoms with Crippen LogP contribution < -0.4 is 0 Å². The highest BCUT2D eigenvalue weighted by Gasteiger charge is 2.08. The molecule has 120 valence electrons. The minimum absolute atomic E-state index is 0.140. The zero-order valence-electron chi connectivity index (χ0n) is 12.9. The zero-order chi connectivity index (χ0) is 15.2. The lowest BCUT2D eigenvalue weighted by Gasteiger charge is -2.10. The van der Waals surface area contributed by atoms with Crippen LogP contribution in [0.15, 0.2) is 0 Å². The lowest BCUT2D eigenvalue weighted by atomic mass is 10.0. The molecule has 0 aromatic carbocycles. The molecule has 0 aliphatic carbocycles. The third kappa shape index (κ3) is 13.8. The van der Waals surface area contributed by atoms with E-state index in [-0.39, 0.29) is 12.5 Å². The molecule has 4 heteroatoms. The fourth-order valence-corrected chi connectivity index (χ4v) is 2.37. The maximum atomic E-state index is 10.4. The number of carbonyl (C=O) groups is 1. The highest BCUT2D eigenvalue weighted by molar-refractivity contribution is 5.67. The number of hydrogen-bond donors (Lipinski definition) is 3. The van der Waals surface area contributed by atoms with E-state index >= 15 is 0 Å². The molecule has 2 atom stereocenters. The maximum absolute atomic E-state index is 10.4. The molecule has 0 fully saturated rings. The first-order valence-corrected chi connectivity index (χ1v) is 8.14. The fraction of sp³-hybridized carbons (Fsp3) is 0.938. The Balaban J connectivity index is 3.25. The van der Waals surface area contributed by atoms with E-state index in [1.807, 2.05) is 0 Å². The first kappa shape index (κ1) is 19.4. The Morgan fingerprint density at radius 2 is 1.25 bits per heavy atom. The molecule has 0 heterocycles. The first-order valence-electron chi connectivity index (χ1n) is 8.14. The van der Waals surface area contributed by atoms with Crippen molar-refractivity contribution in [3.05, 3.63) is 0 Å². The number of carboxylic acids is 1. The summed E-state index contributed by atoms with van der Waals surface area (Å²) in [6, 6.07) is 0. The standard InChI is InChI=1S/C16H32O4/c1-2-3-7-10-14(17)11-8-5-4-6-9-12-15(18)13-16(19)20/h14-15,17-18H,2-13H2,1H3,(H,19,20)/t14-,15-/m0/s1. The summed E-state index contributed by atoms with van der Waals surface area (Å²) in [5.74, 6) is -0.936. The van der Waals surface area contributed by atoms with Gasteiger partial charge in [-0.2, -0.15) is 0 Å². The van der Waals surface area contributed by atoms with Crippen molar-refractivity contribution in [2.45, 2.75) is 96.2 Å².